The number of pyridine rings is 1. The van der Waals surface area contributed by atoms with Crippen LogP contribution in [0.25, 0.3) is 11.1 Å². The second kappa shape index (κ2) is 5.95. The number of benzene rings is 1. The Balaban J connectivity index is 2.93. The van der Waals surface area contributed by atoms with Gasteiger partial charge in [-0.15, -0.1) is 0 Å². The van der Waals surface area contributed by atoms with Crippen LogP contribution in [0.4, 0.5) is 13.2 Å². The van der Waals surface area contributed by atoms with Crippen LogP contribution >= 0.6 is 34.8 Å². The number of hydrogen-bond donors (Lipinski definition) is 1. The van der Waals surface area contributed by atoms with Crippen molar-refractivity contribution in [1.82, 2.24) is 4.98 Å². The van der Waals surface area contributed by atoms with Gasteiger partial charge in [0.15, 0.2) is 5.69 Å². The molecule has 0 fully saturated rings. The maximum absolute atomic E-state index is 13.2. The molecule has 116 valence electrons. The Kier molecular flexibility index (Phi) is 4.56. The zero-order valence-corrected chi connectivity index (χ0v) is 12.6. The van der Waals surface area contributed by atoms with Gasteiger partial charge in [0.2, 0.25) is 0 Å². The molecule has 0 saturated carbocycles. The van der Waals surface area contributed by atoms with Crippen LogP contribution in [0, 0.1) is 0 Å². The van der Waals surface area contributed by atoms with E-state index in [0.717, 1.165) is 12.3 Å². The molecule has 0 aliphatic carbocycles. The van der Waals surface area contributed by atoms with Crippen LogP contribution in [0.1, 0.15) is 16.1 Å². The third-order valence-corrected chi connectivity index (χ3v) is 3.52. The lowest BCUT2D eigenvalue weighted by Gasteiger charge is -2.16. The number of halogens is 6. The predicted molar refractivity (Wildman–Crippen MR) is 76.7 cm³/mol. The van der Waals surface area contributed by atoms with Gasteiger partial charge in [-0.05, 0) is 18.2 Å². The molecule has 1 heterocycles. The molecular formula is C13H5Cl3F3NO2. The molecule has 0 radical (unpaired) electrons. The lowest BCUT2D eigenvalue weighted by molar-refractivity contribution is -0.140. The standard InChI is InChI=1S/C13H5Cl3F3NO2/c14-5-3-7(15)10(8(16)4-5)9-6(12(21)22)1-2-20-11(9)13(17,18)19/h1-4H,(H,21,22). The molecule has 0 saturated heterocycles. The van der Waals surface area contributed by atoms with Gasteiger partial charge in [0, 0.05) is 22.3 Å². The molecule has 1 aromatic heterocycles. The van der Waals surface area contributed by atoms with E-state index in [4.69, 9.17) is 39.9 Å². The van der Waals surface area contributed by atoms with Crippen molar-refractivity contribution in [2.45, 2.75) is 6.18 Å². The fourth-order valence-electron chi connectivity index (χ4n) is 1.89. The van der Waals surface area contributed by atoms with Crippen LogP contribution in [0.15, 0.2) is 24.4 Å². The second-order valence-corrected chi connectivity index (χ2v) is 5.38. The molecule has 0 aliphatic rings. The molecule has 1 aromatic carbocycles. The summed E-state index contributed by atoms with van der Waals surface area (Å²) in [5.41, 5.74) is -2.99. The van der Waals surface area contributed by atoms with Crippen LogP contribution < -0.4 is 0 Å². The molecule has 0 amide bonds. The first-order valence-corrected chi connectivity index (χ1v) is 6.70. The number of nitrogens with zero attached hydrogens (tertiary/aromatic N) is 1. The number of carbonyl (C=O) groups is 1. The average molecular weight is 371 g/mol. The molecule has 0 atom stereocenters. The van der Waals surface area contributed by atoms with Gasteiger partial charge in [-0.3, -0.25) is 4.98 Å². The Labute approximate surface area is 137 Å². The smallest absolute Gasteiger partial charge is 0.433 e. The Hall–Kier alpha value is -1.50. The summed E-state index contributed by atoms with van der Waals surface area (Å²) in [5.74, 6) is -1.56. The zero-order valence-electron chi connectivity index (χ0n) is 10.4. The maximum Gasteiger partial charge on any atom is 0.433 e. The molecule has 9 heteroatoms. The quantitative estimate of drug-likeness (QED) is 0.767. The lowest BCUT2D eigenvalue weighted by Crippen LogP contribution is -2.14. The fraction of sp³-hybridized carbons (Fsp3) is 0.0769. The first kappa shape index (κ1) is 16.9. The number of carboxylic acids is 1. The van der Waals surface area contributed by atoms with Crippen molar-refractivity contribution in [3.05, 3.63) is 50.7 Å². The van der Waals surface area contributed by atoms with E-state index in [2.05, 4.69) is 4.98 Å². The molecule has 3 nitrogen and oxygen atoms in total. The largest absolute Gasteiger partial charge is 0.478 e. The van der Waals surface area contributed by atoms with Gasteiger partial charge in [0.05, 0.1) is 15.6 Å². The highest BCUT2D eigenvalue weighted by Crippen LogP contribution is 2.44. The van der Waals surface area contributed by atoms with E-state index < -0.39 is 29.0 Å². The van der Waals surface area contributed by atoms with E-state index in [1.54, 1.807) is 0 Å². The van der Waals surface area contributed by atoms with Crippen LogP contribution in [-0.4, -0.2) is 16.1 Å². The summed E-state index contributed by atoms with van der Waals surface area (Å²) in [6.07, 6.45) is -4.12. The number of rotatable bonds is 2. The monoisotopic (exact) mass is 369 g/mol. The highest BCUT2D eigenvalue weighted by Gasteiger charge is 2.38. The molecule has 2 rings (SSSR count). The van der Waals surface area contributed by atoms with Crippen molar-refractivity contribution in [2.24, 2.45) is 0 Å². The van der Waals surface area contributed by atoms with Crippen molar-refractivity contribution < 1.29 is 23.1 Å². The maximum atomic E-state index is 13.2. The predicted octanol–water partition coefficient (Wildman–Crippen LogP) is 5.43. The summed E-state index contributed by atoms with van der Waals surface area (Å²) >= 11 is 17.5. The number of alkyl halides is 3. The Bertz CT molecular complexity index is 740. The normalized spacial score (nSPS) is 11.5. The van der Waals surface area contributed by atoms with Gasteiger partial charge in [0.25, 0.3) is 0 Å². The molecule has 1 N–H and O–H groups in total. The molecule has 0 spiro atoms. The van der Waals surface area contributed by atoms with Crippen LogP contribution in [0.2, 0.25) is 15.1 Å². The number of hydrogen-bond acceptors (Lipinski definition) is 2. The summed E-state index contributed by atoms with van der Waals surface area (Å²) in [6.45, 7) is 0. The first-order chi connectivity index (χ1) is 10.1. The highest BCUT2D eigenvalue weighted by atomic mass is 35.5. The minimum atomic E-state index is -4.88. The van der Waals surface area contributed by atoms with Crippen LogP contribution in [-0.2, 0) is 6.18 Å². The molecular weight excluding hydrogens is 366 g/mol. The summed E-state index contributed by atoms with van der Waals surface area (Å²) in [5, 5.41) is 8.83. The van der Waals surface area contributed by atoms with Gasteiger partial charge in [-0.2, -0.15) is 13.2 Å². The molecule has 0 aliphatic heterocycles. The van der Waals surface area contributed by atoms with Gasteiger partial charge < -0.3 is 5.11 Å². The SMILES string of the molecule is O=C(O)c1ccnc(C(F)(F)F)c1-c1c(Cl)cc(Cl)cc1Cl. The third kappa shape index (κ3) is 3.14. The van der Waals surface area contributed by atoms with Crippen LogP contribution in [0.3, 0.4) is 0 Å². The van der Waals surface area contributed by atoms with Gasteiger partial charge >= 0.3 is 12.1 Å². The topological polar surface area (TPSA) is 50.2 Å². The van der Waals surface area contributed by atoms with E-state index >= 15 is 0 Å². The molecule has 2 aromatic rings. The Morgan fingerprint density at radius 3 is 2.09 bits per heavy atom. The van der Waals surface area contributed by atoms with Crippen molar-refractivity contribution >= 4 is 40.8 Å². The summed E-state index contributed by atoms with van der Waals surface area (Å²) in [7, 11) is 0. The minimum absolute atomic E-state index is 0.105. The Morgan fingerprint density at radius 1 is 1.09 bits per heavy atom. The number of aromatic nitrogens is 1. The average Bonchev–Trinajstić information content (AvgIpc) is 2.36. The number of carboxylic acid groups (broad SMARTS) is 1. The van der Waals surface area contributed by atoms with E-state index in [-0.39, 0.29) is 20.6 Å². The van der Waals surface area contributed by atoms with Gasteiger partial charge in [0.1, 0.15) is 0 Å². The molecule has 0 unspecified atom stereocenters. The van der Waals surface area contributed by atoms with E-state index in [1.807, 2.05) is 0 Å². The second-order valence-electron chi connectivity index (χ2n) is 4.13. The summed E-state index contributed by atoms with van der Waals surface area (Å²) in [6, 6.07) is 3.28. The summed E-state index contributed by atoms with van der Waals surface area (Å²) < 4.78 is 39.5. The highest BCUT2D eigenvalue weighted by molar-refractivity contribution is 6.42. The minimum Gasteiger partial charge on any atom is -0.478 e. The van der Waals surface area contributed by atoms with Crippen LogP contribution in [0.5, 0.6) is 0 Å². The fourth-order valence-corrected chi connectivity index (χ4v) is 2.89. The van der Waals surface area contributed by atoms with Crippen molar-refractivity contribution in [3.8, 4) is 11.1 Å². The first-order valence-electron chi connectivity index (χ1n) is 5.57. The zero-order chi connectivity index (χ0) is 16.7. The molecule has 0 bridgehead atoms. The summed E-state index contributed by atoms with van der Waals surface area (Å²) in [4.78, 5) is 14.5. The van der Waals surface area contributed by atoms with E-state index in [1.165, 1.54) is 12.1 Å². The van der Waals surface area contributed by atoms with Crippen molar-refractivity contribution in [2.75, 3.05) is 0 Å². The number of aromatic carboxylic acids is 1. The van der Waals surface area contributed by atoms with Crippen molar-refractivity contribution in [3.63, 3.8) is 0 Å². The van der Waals surface area contributed by atoms with Gasteiger partial charge in [-0.25, -0.2) is 4.79 Å². The molecule has 22 heavy (non-hydrogen) atoms. The third-order valence-electron chi connectivity index (χ3n) is 2.71. The Morgan fingerprint density at radius 2 is 1.64 bits per heavy atom. The van der Waals surface area contributed by atoms with Crippen molar-refractivity contribution in [1.29, 1.82) is 0 Å². The van der Waals surface area contributed by atoms with Gasteiger partial charge in [-0.1, -0.05) is 34.8 Å². The van der Waals surface area contributed by atoms with E-state index in [0.29, 0.717) is 0 Å². The lowest BCUT2D eigenvalue weighted by atomic mass is 9.97. The van der Waals surface area contributed by atoms with E-state index in [9.17, 15) is 18.0 Å².